The maximum atomic E-state index is 10.8. The Morgan fingerprint density at radius 1 is 1.30 bits per heavy atom. The summed E-state index contributed by atoms with van der Waals surface area (Å²) in [6, 6.07) is 1.79. The minimum absolute atomic E-state index is 0.0514. The van der Waals surface area contributed by atoms with Crippen LogP contribution in [0.25, 0.3) is 0 Å². The van der Waals surface area contributed by atoms with Crippen LogP contribution in [0.4, 0.5) is 0 Å². The van der Waals surface area contributed by atoms with Crippen LogP contribution in [0.5, 0.6) is 0 Å². The highest BCUT2D eigenvalue weighted by atomic mass is 16.4. The third kappa shape index (κ3) is 6.24. The maximum Gasteiger partial charge on any atom is 0.372 e. The predicted octanol–water partition coefficient (Wildman–Crippen LogP) is 3.98. The Kier molecular flexibility index (Phi) is 7.37. The van der Waals surface area contributed by atoms with Gasteiger partial charge in [-0.1, -0.05) is 39.5 Å². The standard InChI is InChI=1S/C16H27NO3/c1-12(2)8-6-4-5-7-9-17-11-14-10-13(3)15(20-14)16(18)19/h10,12,17H,4-9,11H2,1-3H3,(H,18,19). The van der Waals surface area contributed by atoms with Crippen LogP contribution in [0.2, 0.25) is 0 Å². The molecule has 0 saturated heterocycles. The fraction of sp³-hybridized carbons (Fsp3) is 0.688. The number of hydrogen-bond acceptors (Lipinski definition) is 3. The highest BCUT2D eigenvalue weighted by Gasteiger charge is 2.13. The number of unbranched alkanes of at least 4 members (excludes halogenated alkanes) is 3. The summed E-state index contributed by atoms with van der Waals surface area (Å²) in [7, 11) is 0. The molecule has 0 aromatic carbocycles. The van der Waals surface area contributed by atoms with E-state index in [1.165, 1.54) is 25.7 Å². The monoisotopic (exact) mass is 281 g/mol. The minimum Gasteiger partial charge on any atom is -0.475 e. The van der Waals surface area contributed by atoms with E-state index in [1.807, 2.05) is 0 Å². The minimum atomic E-state index is -1.00. The van der Waals surface area contributed by atoms with Crippen LogP contribution in [0.3, 0.4) is 0 Å². The first-order valence-electron chi connectivity index (χ1n) is 7.54. The van der Waals surface area contributed by atoms with Gasteiger partial charge in [-0.2, -0.15) is 0 Å². The molecule has 0 unspecified atom stereocenters. The van der Waals surface area contributed by atoms with E-state index in [-0.39, 0.29) is 5.76 Å². The second-order valence-electron chi connectivity index (χ2n) is 5.80. The number of hydrogen-bond donors (Lipinski definition) is 2. The van der Waals surface area contributed by atoms with Gasteiger partial charge in [0.1, 0.15) is 5.76 Å². The summed E-state index contributed by atoms with van der Waals surface area (Å²) in [6.45, 7) is 7.83. The zero-order chi connectivity index (χ0) is 15.0. The molecule has 0 aliphatic heterocycles. The zero-order valence-electron chi connectivity index (χ0n) is 12.9. The molecule has 0 bridgehead atoms. The van der Waals surface area contributed by atoms with Crippen LogP contribution < -0.4 is 5.32 Å². The highest BCUT2D eigenvalue weighted by molar-refractivity contribution is 5.86. The summed E-state index contributed by atoms with van der Waals surface area (Å²) in [5, 5.41) is 12.2. The lowest BCUT2D eigenvalue weighted by Gasteiger charge is -2.05. The van der Waals surface area contributed by atoms with Crippen molar-refractivity contribution in [1.82, 2.24) is 5.32 Å². The van der Waals surface area contributed by atoms with Crippen LogP contribution in [-0.2, 0) is 6.54 Å². The molecule has 0 spiro atoms. The summed E-state index contributed by atoms with van der Waals surface area (Å²) >= 11 is 0. The number of aromatic carboxylic acids is 1. The van der Waals surface area contributed by atoms with E-state index >= 15 is 0 Å². The molecule has 0 radical (unpaired) electrons. The van der Waals surface area contributed by atoms with Crippen molar-refractivity contribution in [2.45, 2.75) is 59.4 Å². The van der Waals surface area contributed by atoms with Gasteiger partial charge >= 0.3 is 5.97 Å². The summed E-state index contributed by atoms with van der Waals surface area (Å²) in [5.74, 6) is 0.549. The van der Waals surface area contributed by atoms with Gasteiger partial charge in [-0.15, -0.1) is 0 Å². The molecule has 4 nitrogen and oxygen atoms in total. The molecule has 1 aromatic heterocycles. The fourth-order valence-corrected chi connectivity index (χ4v) is 2.22. The SMILES string of the molecule is Cc1cc(CNCCCCCCC(C)C)oc1C(=O)O. The quantitative estimate of drug-likeness (QED) is 0.637. The highest BCUT2D eigenvalue weighted by Crippen LogP contribution is 2.14. The van der Waals surface area contributed by atoms with Crippen LogP contribution in [0.1, 0.15) is 67.8 Å². The average molecular weight is 281 g/mol. The molecule has 2 N–H and O–H groups in total. The van der Waals surface area contributed by atoms with E-state index in [9.17, 15) is 4.79 Å². The molecular weight excluding hydrogens is 254 g/mol. The van der Waals surface area contributed by atoms with Crippen molar-refractivity contribution < 1.29 is 14.3 Å². The lowest BCUT2D eigenvalue weighted by Crippen LogP contribution is -2.14. The Morgan fingerprint density at radius 2 is 2.00 bits per heavy atom. The number of aryl methyl sites for hydroxylation is 1. The lowest BCUT2D eigenvalue weighted by atomic mass is 10.0. The van der Waals surface area contributed by atoms with Crippen molar-refractivity contribution in [2.24, 2.45) is 5.92 Å². The van der Waals surface area contributed by atoms with E-state index in [4.69, 9.17) is 9.52 Å². The Hall–Kier alpha value is -1.29. The van der Waals surface area contributed by atoms with Crippen molar-refractivity contribution >= 4 is 5.97 Å². The van der Waals surface area contributed by atoms with Gasteiger partial charge in [-0.3, -0.25) is 0 Å². The van der Waals surface area contributed by atoms with Crippen LogP contribution >= 0.6 is 0 Å². The molecular formula is C16H27NO3. The zero-order valence-corrected chi connectivity index (χ0v) is 12.9. The first-order chi connectivity index (χ1) is 9.50. The van der Waals surface area contributed by atoms with E-state index in [1.54, 1.807) is 13.0 Å². The average Bonchev–Trinajstić information content (AvgIpc) is 2.73. The van der Waals surface area contributed by atoms with Crippen LogP contribution in [0, 0.1) is 12.8 Å². The molecule has 0 amide bonds. The van der Waals surface area contributed by atoms with Gasteiger partial charge in [-0.25, -0.2) is 4.79 Å². The lowest BCUT2D eigenvalue weighted by molar-refractivity contribution is 0.0659. The Morgan fingerprint density at radius 3 is 2.60 bits per heavy atom. The van der Waals surface area contributed by atoms with Crippen molar-refractivity contribution in [3.05, 3.63) is 23.2 Å². The molecule has 1 aromatic rings. The molecule has 0 aliphatic rings. The summed E-state index contributed by atoms with van der Waals surface area (Å²) < 4.78 is 5.29. The first-order valence-corrected chi connectivity index (χ1v) is 7.54. The van der Waals surface area contributed by atoms with Gasteiger partial charge in [0.05, 0.1) is 6.54 Å². The van der Waals surface area contributed by atoms with E-state index in [0.717, 1.165) is 18.9 Å². The fourth-order valence-electron chi connectivity index (χ4n) is 2.22. The Balaban J connectivity index is 2.10. The van der Waals surface area contributed by atoms with Gasteiger partial charge < -0.3 is 14.8 Å². The number of carboxylic acid groups (broad SMARTS) is 1. The van der Waals surface area contributed by atoms with Gasteiger partial charge in [0, 0.05) is 5.56 Å². The molecule has 4 heteroatoms. The third-order valence-corrected chi connectivity index (χ3v) is 3.35. The number of carbonyl (C=O) groups is 1. The van der Waals surface area contributed by atoms with Crippen molar-refractivity contribution in [1.29, 1.82) is 0 Å². The topological polar surface area (TPSA) is 62.5 Å². The molecule has 0 fully saturated rings. The molecule has 20 heavy (non-hydrogen) atoms. The predicted molar refractivity (Wildman–Crippen MR) is 80.0 cm³/mol. The van der Waals surface area contributed by atoms with Crippen molar-refractivity contribution in [2.75, 3.05) is 6.54 Å². The smallest absolute Gasteiger partial charge is 0.372 e. The Bertz CT molecular complexity index is 410. The molecule has 1 heterocycles. The molecule has 1 rings (SSSR count). The van der Waals surface area contributed by atoms with Crippen LogP contribution in [0.15, 0.2) is 10.5 Å². The number of nitrogens with one attached hydrogen (secondary N) is 1. The van der Waals surface area contributed by atoms with Crippen molar-refractivity contribution in [3.63, 3.8) is 0 Å². The van der Waals surface area contributed by atoms with E-state index in [0.29, 0.717) is 17.9 Å². The normalized spacial score (nSPS) is 11.2. The number of carboxylic acids is 1. The van der Waals surface area contributed by atoms with Gasteiger partial charge in [0.15, 0.2) is 0 Å². The Labute approximate surface area is 121 Å². The molecule has 0 atom stereocenters. The second kappa shape index (κ2) is 8.80. The van der Waals surface area contributed by atoms with E-state index in [2.05, 4.69) is 19.2 Å². The van der Waals surface area contributed by atoms with Gasteiger partial charge in [0.2, 0.25) is 5.76 Å². The summed E-state index contributed by atoms with van der Waals surface area (Å²) in [5.41, 5.74) is 0.683. The molecule has 114 valence electrons. The maximum absolute atomic E-state index is 10.8. The number of rotatable bonds is 10. The van der Waals surface area contributed by atoms with Crippen LogP contribution in [-0.4, -0.2) is 17.6 Å². The van der Waals surface area contributed by atoms with E-state index < -0.39 is 5.97 Å². The number of furan rings is 1. The molecule has 0 aliphatic carbocycles. The first kappa shape index (κ1) is 16.8. The second-order valence-corrected chi connectivity index (χ2v) is 5.80. The molecule has 0 saturated carbocycles. The van der Waals surface area contributed by atoms with Crippen molar-refractivity contribution in [3.8, 4) is 0 Å². The third-order valence-electron chi connectivity index (χ3n) is 3.35. The summed E-state index contributed by atoms with van der Waals surface area (Å²) in [4.78, 5) is 10.8. The summed E-state index contributed by atoms with van der Waals surface area (Å²) in [6.07, 6.45) is 6.33. The van der Waals surface area contributed by atoms with Gasteiger partial charge in [0.25, 0.3) is 0 Å². The van der Waals surface area contributed by atoms with Gasteiger partial charge in [-0.05, 0) is 31.9 Å². The largest absolute Gasteiger partial charge is 0.475 e.